The lowest BCUT2D eigenvalue weighted by atomic mass is 10.2. The zero-order chi connectivity index (χ0) is 14.0. The standard InChI is InChI=1S/C13H20BrNO2S2/c1-10(2)9-15(11-5-3-4-6-11)19(16,17)13-8-7-12(14)18-13/h7-8,10-11H,3-6,9H2,1-2H3. The summed E-state index contributed by atoms with van der Waals surface area (Å²) < 4.78 is 28.6. The highest BCUT2D eigenvalue weighted by Crippen LogP contribution is 2.33. The second-order valence-corrected chi connectivity index (χ2v) is 10.0. The van der Waals surface area contributed by atoms with E-state index in [1.807, 2.05) is 0 Å². The van der Waals surface area contributed by atoms with Crippen LogP contribution in [-0.4, -0.2) is 25.3 Å². The summed E-state index contributed by atoms with van der Waals surface area (Å²) in [5.74, 6) is 0.346. The Morgan fingerprint density at radius 1 is 1.37 bits per heavy atom. The molecule has 0 bridgehead atoms. The van der Waals surface area contributed by atoms with Crippen molar-refractivity contribution in [2.75, 3.05) is 6.54 Å². The highest BCUT2D eigenvalue weighted by atomic mass is 79.9. The van der Waals surface area contributed by atoms with E-state index in [1.165, 1.54) is 11.3 Å². The second-order valence-electron chi connectivity index (χ2n) is 5.47. The van der Waals surface area contributed by atoms with Gasteiger partial charge in [0.2, 0.25) is 0 Å². The molecule has 0 unspecified atom stereocenters. The quantitative estimate of drug-likeness (QED) is 0.787. The van der Waals surface area contributed by atoms with E-state index in [2.05, 4.69) is 29.8 Å². The summed E-state index contributed by atoms with van der Waals surface area (Å²) in [4.78, 5) is 0. The molecular weight excluding hydrogens is 346 g/mol. The summed E-state index contributed by atoms with van der Waals surface area (Å²) in [6.45, 7) is 4.76. The summed E-state index contributed by atoms with van der Waals surface area (Å²) in [7, 11) is -3.34. The van der Waals surface area contributed by atoms with Gasteiger partial charge in [-0.3, -0.25) is 0 Å². The molecule has 1 heterocycles. The number of rotatable bonds is 5. The first-order chi connectivity index (χ1) is 8.91. The number of nitrogens with zero attached hydrogens (tertiary/aromatic N) is 1. The van der Waals surface area contributed by atoms with Crippen molar-refractivity contribution in [1.29, 1.82) is 0 Å². The lowest BCUT2D eigenvalue weighted by molar-refractivity contribution is 0.293. The van der Waals surface area contributed by atoms with Crippen LogP contribution >= 0.6 is 27.3 Å². The van der Waals surface area contributed by atoms with E-state index in [0.29, 0.717) is 16.7 Å². The fourth-order valence-electron chi connectivity index (χ4n) is 2.55. The summed E-state index contributed by atoms with van der Waals surface area (Å²) in [6.07, 6.45) is 4.28. The Kier molecular flexibility index (Phi) is 5.09. The van der Waals surface area contributed by atoms with E-state index >= 15 is 0 Å². The average Bonchev–Trinajstić information content (AvgIpc) is 2.96. The van der Waals surface area contributed by atoms with Gasteiger partial charge in [-0.2, -0.15) is 4.31 Å². The average molecular weight is 366 g/mol. The Bertz CT molecular complexity index is 519. The maximum absolute atomic E-state index is 12.8. The number of thiophene rings is 1. The molecule has 0 amide bonds. The molecule has 2 rings (SSSR count). The lowest BCUT2D eigenvalue weighted by Gasteiger charge is -2.29. The third-order valence-corrected chi connectivity index (χ3v) is 7.40. The van der Waals surface area contributed by atoms with Crippen LogP contribution in [0.4, 0.5) is 0 Å². The molecule has 1 aromatic rings. The van der Waals surface area contributed by atoms with E-state index in [1.54, 1.807) is 16.4 Å². The molecule has 0 spiro atoms. The van der Waals surface area contributed by atoms with Gasteiger partial charge in [-0.05, 0) is 46.8 Å². The third kappa shape index (κ3) is 3.60. The van der Waals surface area contributed by atoms with Crippen LogP contribution in [-0.2, 0) is 10.0 Å². The van der Waals surface area contributed by atoms with Gasteiger partial charge in [-0.15, -0.1) is 11.3 Å². The Balaban J connectivity index is 2.30. The monoisotopic (exact) mass is 365 g/mol. The predicted molar refractivity (Wildman–Crippen MR) is 83.0 cm³/mol. The Hall–Kier alpha value is 0.0900. The normalized spacial score (nSPS) is 17.7. The van der Waals surface area contributed by atoms with Crippen molar-refractivity contribution in [3.8, 4) is 0 Å². The van der Waals surface area contributed by atoms with Crippen molar-refractivity contribution in [2.45, 2.75) is 49.8 Å². The molecule has 0 aromatic carbocycles. The van der Waals surface area contributed by atoms with Gasteiger partial charge in [0.1, 0.15) is 4.21 Å². The van der Waals surface area contributed by atoms with Gasteiger partial charge >= 0.3 is 0 Å². The molecule has 19 heavy (non-hydrogen) atoms. The number of hydrogen-bond donors (Lipinski definition) is 0. The summed E-state index contributed by atoms with van der Waals surface area (Å²) in [5, 5.41) is 0. The topological polar surface area (TPSA) is 37.4 Å². The Morgan fingerprint density at radius 3 is 2.47 bits per heavy atom. The Labute approximate surface area is 128 Å². The van der Waals surface area contributed by atoms with Crippen LogP contribution in [0.1, 0.15) is 39.5 Å². The summed E-state index contributed by atoms with van der Waals surface area (Å²) in [6, 6.07) is 3.69. The molecule has 3 nitrogen and oxygen atoms in total. The molecular formula is C13H20BrNO2S2. The van der Waals surface area contributed by atoms with E-state index in [0.717, 1.165) is 29.5 Å². The first kappa shape index (κ1) is 15.5. The van der Waals surface area contributed by atoms with Gasteiger partial charge in [-0.1, -0.05) is 26.7 Å². The highest BCUT2D eigenvalue weighted by Gasteiger charge is 2.34. The molecule has 1 aliphatic carbocycles. The molecule has 1 saturated carbocycles. The molecule has 0 atom stereocenters. The van der Waals surface area contributed by atoms with Crippen molar-refractivity contribution in [2.24, 2.45) is 5.92 Å². The van der Waals surface area contributed by atoms with Crippen LogP contribution in [0.15, 0.2) is 20.1 Å². The fourth-order valence-corrected chi connectivity index (χ4v) is 6.54. The van der Waals surface area contributed by atoms with Crippen LogP contribution < -0.4 is 0 Å². The van der Waals surface area contributed by atoms with E-state index < -0.39 is 10.0 Å². The lowest BCUT2D eigenvalue weighted by Crippen LogP contribution is -2.40. The van der Waals surface area contributed by atoms with E-state index in [-0.39, 0.29) is 6.04 Å². The summed E-state index contributed by atoms with van der Waals surface area (Å²) >= 11 is 4.64. The molecule has 0 radical (unpaired) electrons. The van der Waals surface area contributed by atoms with Crippen LogP contribution in [0.3, 0.4) is 0 Å². The van der Waals surface area contributed by atoms with Gasteiger partial charge < -0.3 is 0 Å². The molecule has 1 fully saturated rings. The molecule has 0 aliphatic heterocycles. The largest absolute Gasteiger partial charge is 0.252 e. The maximum atomic E-state index is 12.8. The van der Waals surface area contributed by atoms with Crippen LogP contribution in [0.2, 0.25) is 0 Å². The second kappa shape index (κ2) is 6.24. The number of sulfonamides is 1. The SMILES string of the molecule is CC(C)CN(C1CCCC1)S(=O)(=O)c1ccc(Br)s1. The Morgan fingerprint density at radius 2 is 2.00 bits per heavy atom. The zero-order valence-electron chi connectivity index (χ0n) is 11.3. The van der Waals surface area contributed by atoms with Crippen molar-refractivity contribution < 1.29 is 8.42 Å². The van der Waals surface area contributed by atoms with Gasteiger partial charge in [0.05, 0.1) is 3.79 Å². The molecule has 1 aromatic heterocycles. The first-order valence-electron chi connectivity index (χ1n) is 6.68. The minimum atomic E-state index is -3.34. The van der Waals surface area contributed by atoms with Crippen molar-refractivity contribution in [3.63, 3.8) is 0 Å². The number of halogens is 1. The smallest absolute Gasteiger partial charge is 0.206 e. The van der Waals surface area contributed by atoms with Crippen LogP contribution in [0.5, 0.6) is 0 Å². The van der Waals surface area contributed by atoms with Crippen LogP contribution in [0.25, 0.3) is 0 Å². The van der Waals surface area contributed by atoms with Crippen molar-refractivity contribution in [3.05, 3.63) is 15.9 Å². The molecule has 0 saturated heterocycles. The van der Waals surface area contributed by atoms with Gasteiger partial charge in [0.15, 0.2) is 0 Å². The predicted octanol–water partition coefficient (Wildman–Crippen LogP) is 4.10. The van der Waals surface area contributed by atoms with E-state index in [4.69, 9.17) is 0 Å². The summed E-state index contributed by atoms with van der Waals surface area (Å²) in [5.41, 5.74) is 0. The maximum Gasteiger partial charge on any atom is 0.252 e. The van der Waals surface area contributed by atoms with Gasteiger partial charge in [0, 0.05) is 12.6 Å². The highest BCUT2D eigenvalue weighted by molar-refractivity contribution is 9.11. The van der Waals surface area contributed by atoms with Crippen molar-refractivity contribution in [1.82, 2.24) is 4.31 Å². The molecule has 6 heteroatoms. The van der Waals surface area contributed by atoms with Gasteiger partial charge in [0.25, 0.3) is 10.0 Å². The van der Waals surface area contributed by atoms with E-state index in [9.17, 15) is 8.42 Å². The minimum absolute atomic E-state index is 0.188. The minimum Gasteiger partial charge on any atom is -0.206 e. The zero-order valence-corrected chi connectivity index (χ0v) is 14.5. The van der Waals surface area contributed by atoms with Crippen molar-refractivity contribution >= 4 is 37.3 Å². The third-order valence-electron chi connectivity index (χ3n) is 3.39. The van der Waals surface area contributed by atoms with Gasteiger partial charge in [-0.25, -0.2) is 8.42 Å². The van der Waals surface area contributed by atoms with Crippen LogP contribution in [0, 0.1) is 5.92 Å². The molecule has 108 valence electrons. The first-order valence-corrected chi connectivity index (χ1v) is 9.73. The fraction of sp³-hybridized carbons (Fsp3) is 0.692. The molecule has 1 aliphatic rings. The molecule has 0 N–H and O–H groups in total. The number of hydrogen-bond acceptors (Lipinski definition) is 3.